The molecule has 6 heteroatoms. The van der Waals surface area contributed by atoms with Crippen molar-refractivity contribution in [1.82, 2.24) is 0 Å². The molecule has 2 rings (SSSR count). The normalized spacial score (nSPS) is 28.2. The zero-order valence-electron chi connectivity index (χ0n) is 8.28. The standard InChI is InChI=1S/C10H10BrFO3S/c11-8-3-1-2-7(9(8)12)10(13)4-5-16(14,15)6-10/h1-3,13H,4-6H2. The molecule has 0 radical (unpaired) electrons. The highest BCUT2D eigenvalue weighted by atomic mass is 79.9. The molecular weight excluding hydrogens is 299 g/mol. The third kappa shape index (κ3) is 2.01. The molecule has 1 atom stereocenters. The van der Waals surface area contributed by atoms with Gasteiger partial charge in [-0.05, 0) is 28.4 Å². The van der Waals surface area contributed by atoms with E-state index in [2.05, 4.69) is 15.9 Å². The van der Waals surface area contributed by atoms with Gasteiger partial charge in [0.25, 0.3) is 0 Å². The first kappa shape index (κ1) is 12.0. The van der Waals surface area contributed by atoms with Crippen LogP contribution in [0.25, 0.3) is 0 Å². The van der Waals surface area contributed by atoms with Crippen molar-refractivity contribution in [3.63, 3.8) is 0 Å². The SMILES string of the molecule is O=S1(=O)CCC(O)(c2cccc(Br)c2F)C1. The molecule has 0 aromatic heterocycles. The van der Waals surface area contributed by atoms with Gasteiger partial charge in [-0.2, -0.15) is 0 Å². The molecule has 1 unspecified atom stereocenters. The maximum absolute atomic E-state index is 13.7. The van der Waals surface area contributed by atoms with Crippen molar-refractivity contribution in [2.45, 2.75) is 12.0 Å². The average molecular weight is 309 g/mol. The van der Waals surface area contributed by atoms with E-state index < -0.39 is 27.0 Å². The van der Waals surface area contributed by atoms with E-state index in [9.17, 15) is 17.9 Å². The van der Waals surface area contributed by atoms with Gasteiger partial charge in [0.1, 0.15) is 11.4 Å². The summed E-state index contributed by atoms with van der Waals surface area (Å²) in [6.45, 7) is 0. The summed E-state index contributed by atoms with van der Waals surface area (Å²) in [5.74, 6) is -1.11. The van der Waals surface area contributed by atoms with Gasteiger partial charge < -0.3 is 5.11 Å². The fourth-order valence-corrected chi connectivity index (χ4v) is 4.09. The van der Waals surface area contributed by atoms with Gasteiger partial charge in [-0.25, -0.2) is 12.8 Å². The lowest BCUT2D eigenvalue weighted by molar-refractivity contribution is 0.0612. The first-order chi connectivity index (χ1) is 7.34. The lowest BCUT2D eigenvalue weighted by Gasteiger charge is -2.22. The van der Waals surface area contributed by atoms with Crippen molar-refractivity contribution >= 4 is 25.8 Å². The maximum atomic E-state index is 13.7. The second-order valence-corrected chi connectivity index (χ2v) is 7.01. The Morgan fingerprint density at radius 3 is 2.69 bits per heavy atom. The van der Waals surface area contributed by atoms with Gasteiger partial charge in [0.15, 0.2) is 9.84 Å². The molecule has 0 aliphatic carbocycles. The van der Waals surface area contributed by atoms with Crippen LogP contribution in [0.2, 0.25) is 0 Å². The largest absolute Gasteiger partial charge is 0.384 e. The van der Waals surface area contributed by atoms with E-state index in [0.717, 1.165) is 0 Å². The zero-order chi connectivity index (χ0) is 12.0. The Bertz CT molecular complexity index is 529. The fourth-order valence-electron chi connectivity index (χ4n) is 1.91. The fraction of sp³-hybridized carbons (Fsp3) is 0.400. The monoisotopic (exact) mass is 308 g/mol. The van der Waals surface area contributed by atoms with Crippen molar-refractivity contribution < 1.29 is 17.9 Å². The summed E-state index contributed by atoms with van der Waals surface area (Å²) in [7, 11) is -3.26. The first-order valence-electron chi connectivity index (χ1n) is 4.71. The Morgan fingerprint density at radius 2 is 2.12 bits per heavy atom. The molecule has 1 N–H and O–H groups in total. The van der Waals surface area contributed by atoms with E-state index in [4.69, 9.17) is 0 Å². The molecule has 1 fully saturated rings. The molecule has 1 aliphatic rings. The lowest BCUT2D eigenvalue weighted by atomic mass is 9.93. The van der Waals surface area contributed by atoms with E-state index in [1.54, 1.807) is 6.07 Å². The van der Waals surface area contributed by atoms with Gasteiger partial charge >= 0.3 is 0 Å². The van der Waals surface area contributed by atoms with E-state index in [-0.39, 0.29) is 22.2 Å². The van der Waals surface area contributed by atoms with E-state index in [0.29, 0.717) is 0 Å². The molecule has 0 bridgehead atoms. The van der Waals surface area contributed by atoms with Crippen LogP contribution < -0.4 is 0 Å². The van der Waals surface area contributed by atoms with Crippen LogP contribution in [0.3, 0.4) is 0 Å². The summed E-state index contributed by atoms with van der Waals surface area (Å²) >= 11 is 3.01. The molecule has 16 heavy (non-hydrogen) atoms. The third-order valence-corrected chi connectivity index (χ3v) is 5.09. The topological polar surface area (TPSA) is 54.4 Å². The molecule has 0 saturated carbocycles. The van der Waals surface area contributed by atoms with Crippen molar-refractivity contribution in [2.24, 2.45) is 0 Å². The summed E-state index contributed by atoms with van der Waals surface area (Å²) < 4.78 is 36.6. The molecule has 1 saturated heterocycles. The quantitative estimate of drug-likeness (QED) is 0.857. The van der Waals surface area contributed by atoms with E-state index in [1.165, 1.54) is 12.1 Å². The van der Waals surface area contributed by atoms with Crippen LogP contribution in [0.4, 0.5) is 4.39 Å². The van der Waals surface area contributed by atoms with E-state index in [1.807, 2.05) is 0 Å². The number of aliphatic hydroxyl groups is 1. The van der Waals surface area contributed by atoms with Crippen LogP contribution in [0.15, 0.2) is 22.7 Å². The molecule has 1 aliphatic heterocycles. The highest BCUT2D eigenvalue weighted by Gasteiger charge is 2.43. The van der Waals surface area contributed by atoms with Gasteiger partial charge in [-0.15, -0.1) is 0 Å². The van der Waals surface area contributed by atoms with Gasteiger partial charge in [0.2, 0.25) is 0 Å². The predicted molar refractivity (Wildman–Crippen MR) is 61.3 cm³/mol. The first-order valence-corrected chi connectivity index (χ1v) is 7.33. The van der Waals surface area contributed by atoms with E-state index >= 15 is 0 Å². The Hall–Kier alpha value is -0.460. The molecule has 88 valence electrons. The molecule has 0 amide bonds. The number of hydrogen-bond acceptors (Lipinski definition) is 3. The minimum atomic E-state index is -3.26. The number of benzene rings is 1. The van der Waals surface area contributed by atoms with Crippen LogP contribution in [0.5, 0.6) is 0 Å². The highest BCUT2D eigenvalue weighted by Crippen LogP contribution is 2.36. The smallest absolute Gasteiger partial charge is 0.153 e. The third-order valence-electron chi connectivity index (χ3n) is 2.74. The number of halogens is 2. The number of hydrogen-bond donors (Lipinski definition) is 1. The van der Waals surface area contributed by atoms with Crippen LogP contribution in [0.1, 0.15) is 12.0 Å². The van der Waals surface area contributed by atoms with Crippen molar-refractivity contribution in [2.75, 3.05) is 11.5 Å². The summed E-state index contributed by atoms with van der Waals surface area (Å²) in [6, 6.07) is 4.50. The Labute approximate surface area is 101 Å². The van der Waals surface area contributed by atoms with Crippen molar-refractivity contribution in [3.8, 4) is 0 Å². The van der Waals surface area contributed by atoms with Gasteiger partial charge in [0, 0.05) is 5.56 Å². The zero-order valence-corrected chi connectivity index (χ0v) is 10.7. The average Bonchev–Trinajstić information content (AvgIpc) is 2.46. The van der Waals surface area contributed by atoms with Crippen LogP contribution >= 0.6 is 15.9 Å². The second kappa shape index (κ2) is 3.78. The molecule has 0 spiro atoms. The molecule has 3 nitrogen and oxygen atoms in total. The molecule has 1 aromatic rings. The molecule has 1 aromatic carbocycles. The Balaban J connectivity index is 2.49. The summed E-state index contributed by atoms with van der Waals surface area (Å²) in [5.41, 5.74) is -1.55. The lowest BCUT2D eigenvalue weighted by Crippen LogP contribution is -2.28. The van der Waals surface area contributed by atoms with Gasteiger partial charge in [-0.1, -0.05) is 12.1 Å². The van der Waals surface area contributed by atoms with Crippen molar-refractivity contribution in [3.05, 3.63) is 34.1 Å². The summed E-state index contributed by atoms with van der Waals surface area (Å²) in [5, 5.41) is 10.2. The Kier molecular flexibility index (Phi) is 2.84. The number of sulfone groups is 1. The second-order valence-electron chi connectivity index (χ2n) is 3.97. The minimum absolute atomic E-state index is 0.0444. The summed E-state index contributed by atoms with van der Waals surface area (Å²) in [6.07, 6.45) is 0.0444. The van der Waals surface area contributed by atoms with Crippen LogP contribution in [-0.2, 0) is 15.4 Å². The molecule has 1 heterocycles. The maximum Gasteiger partial charge on any atom is 0.153 e. The molecular formula is C10H10BrFO3S. The summed E-state index contributed by atoms with van der Waals surface area (Å²) in [4.78, 5) is 0. The van der Waals surface area contributed by atoms with Crippen molar-refractivity contribution in [1.29, 1.82) is 0 Å². The van der Waals surface area contributed by atoms with Gasteiger partial charge in [0.05, 0.1) is 16.0 Å². The highest BCUT2D eigenvalue weighted by molar-refractivity contribution is 9.10. The van der Waals surface area contributed by atoms with Gasteiger partial charge in [-0.3, -0.25) is 0 Å². The van der Waals surface area contributed by atoms with Crippen LogP contribution in [-0.4, -0.2) is 25.0 Å². The Morgan fingerprint density at radius 1 is 1.44 bits per heavy atom. The predicted octanol–water partition coefficient (Wildman–Crippen LogP) is 1.59. The minimum Gasteiger partial charge on any atom is -0.384 e. The van der Waals surface area contributed by atoms with Crippen LogP contribution in [0, 0.1) is 5.82 Å². The number of rotatable bonds is 1.